The van der Waals surface area contributed by atoms with Crippen LogP contribution in [0.3, 0.4) is 0 Å². The van der Waals surface area contributed by atoms with E-state index in [0.717, 1.165) is 12.1 Å². The number of anilines is 1. The van der Waals surface area contributed by atoms with Crippen LogP contribution in [0.1, 0.15) is 12.5 Å². The quantitative estimate of drug-likeness (QED) is 0.769. The molecule has 2 aromatic rings. The molecule has 1 N–H and O–H groups in total. The molecular weight excluding hydrogens is 368 g/mol. The molecule has 0 heterocycles. The van der Waals surface area contributed by atoms with Crippen molar-refractivity contribution in [3.8, 4) is 5.75 Å². The summed E-state index contributed by atoms with van der Waals surface area (Å²) in [6.07, 6.45) is -1.13. The lowest BCUT2D eigenvalue weighted by atomic mass is 10.2. The summed E-state index contributed by atoms with van der Waals surface area (Å²) in [7, 11) is 0. The zero-order valence-electron chi connectivity index (χ0n) is 14.0. The van der Waals surface area contributed by atoms with E-state index < -0.39 is 36.2 Å². The predicted molar refractivity (Wildman–Crippen MR) is 92.2 cm³/mol. The predicted octanol–water partition coefficient (Wildman–Crippen LogP) is 3.88. The maximum Gasteiger partial charge on any atom is 0.344 e. The molecule has 0 unspecified atom stereocenters. The number of amides is 1. The van der Waals surface area contributed by atoms with Crippen LogP contribution in [-0.4, -0.2) is 24.6 Å². The molecule has 0 bridgehead atoms. The Hall–Kier alpha value is -2.67. The van der Waals surface area contributed by atoms with Gasteiger partial charge >= 0.3 is 5.97 Å². The molecule has 0 saturated heterocycles. The highest BCUT2D eigenvalue weighted by atomic mass is 35.5. The van der Waals surface area contributed by atoms with E-state index in [1.807, 2.05) is 0 Å². The summed E-state index contributed by atoms with van der Waals surface area (Å²) in [5.41, 5.74) is 0.689. The van der Waals surface area contributed by atoms with E-state index in [2.05, 4.69) is 5.32 Å². The van der Waals surface area contributed by atoms with E-state index in [4.69, 9.17) is 21.1 Å². The van der Waals surface area contributed by atoms with Crippen LogP contribution in [0.2, 0.25) is 5.02 Å². The first kappa shape index (κ1) is 19.7. The highest BCUT2D eigenvalue weighted by Crippen LogP contribution is 2.24. The van der Waals surface area contributed by atoms with Crippen molar-refractivity contribution in [1.82, 2.24) is 0 Å². The first-order valence-corrected chi connectivity index (χ1v) is 7.98. The van der Waals surface area contributed by atoms with Crippen LogP contribution in [0.25, 0.3) is 0 Å². The van der Waals surface area contributed by atoms with E-state index in [9.17, 15) is 18.4 Å². The number of esters is 1. The van der Waals surface area contributed by atoms with Gasteiger partial charge in [0.05, 0.1) is 5.02 Å². The summed E-state index contributed by atoms with van der Waals surface area (Å²) in [6.45, 7) is 2.45. The van der Waals surface area contributed by atoms with Crippen LogP contribution in [0.5, 0.6) is 5.75 Å². The number of ether oxygens (including phenoxy) is 2. The molecule has 0 aliphatic rings. The van der Waals surface area contributed by atoms with Crippen LogP contribution in [0.15, 0.2) is 36.4 Å². The third kappa shape index (κ3) is 5.42. The van der Waals surface area contributed by atoms with E-state index in [-0.39, 0.29) is 16.5 Å². The van der Waals surface area contributed by atoms with Gasteiger partial charge in [0.25, 0.3) is 5.91 Å². The summed E-state index contributed by atoms with van der Waals surface area (Å²) in [5, 5.41) is 2.45. The lowest BCUT2D eigenvalue weighted by molar-refractivity contribution is -0.155. The minimum atomic E-state index is -1.13. The van der Waals surface area contributed by atoms with E-state index in [1.165, 1.54) is 31.2 Å². The summed E-state index contributed by atoms with van der Waals surface area (Å²) in [5.74, 6) is -2.33. The van der Waals surface area contributed by atoms with Crippen LogP contribution >= 0.6 is 11.6 Å². The molecular formula is C18H16ClF2NO4. The summed E-state index contributed by atoms with van der Waals surface area (Å²) < 4.78 is 36.5. The number of hydrogen-bond donors (Lipinski definition) is 1. The zero-order valence-corrected chi connectivity index (χ0v) is 14.8. The molecule has 0 aliphatic heterocycles. The molecule has 0 aliphatic carbocycles. The summed E-state index contributed by atoms with van der Waals surface area (Å²) in [6, 6.07) is 7.66. The second kappa shape index (κ2) is 8.62. The number of nitrogens with one attached hydrogen (secondary N) is 1. The molecule has 1 amide bonds. The van der Waals surface area contributed by atoms with Crippen molar-refractivity contribution in [2.45, 2.75) is 20.0 Å². The fourth-order valence-electron chi connectivity index (χ4n) is 1.93. The third-order valence-electron chi connectivity index (χ3n) is 3.36. The Kier molecular flexibility index (Phi) is 6.52. The number of benzene rings is 2. The first-order chi connectivity index (χ1) is 12.3. The van der Waals surface area contributed by atoms with Gasteiger partial charge in [0.2, 0.25) is 0 Å². The number of halogens is 3. The van der Waals surface area contributed by atoms with Gasteiger partial charge in [0, 0.05) is 5.69 Å². The van der Waals surface area contributed by atoms with Gasteiger partial charge in [-0.3, -0.25) is 4.79 Å². The van der Waals surface area contributed by atoms with E-state index >= 15 is 0 Å². The average molecular weight is 384 g/mol. The highest BCUT2D eigenvalue weighted by Gasteiger charge is 2.19. The number of carbonyl (C=O) groups is 2. The maximum absolute atomic E-state index is 13.5. The van der Waals surface area contributed by atoms with Crippen molar-refractivity contribution in [2.75, 3.05) is 11.9 Å². The van der Waals surface area contributed by atoms with Gasteiger partial charge in [-0.2, -0.15) is 0 Å². The fraction of sp³-hybridized carbons (Fsp3) is 0.222. The fourth-order valence-corrected chi connectivity index (χ4v) is 2.15. The highest BCUT2D eigenvalue weighted by molar-refractivity contribution is 6.32. The summed E-state index contributed by atoms with van der Waals surface area (Å²) in [4.78, 5) is 23.8. The van der Waals surface area contributed by atoms with Gasteiger partial charge in [-0.05, 0) is 49.7 Å². The standard InChI is InChI=1S/C18H16ClF2NO4/c1-10-3-5-13(8-15(10)21)22-18(24)11(2)26-17(23)9-25-16-6-4-12(20)7-14(16)19/h3-8,11H,9H2,1-2H3,(H,22,24)/t11-/m0/s1. The lowest BCUT2D eigenvalue weighted by Gasteiger charge is -2.14. The molecule has 138 valence electrons. The van der Waals surface area contributed by atoms with Gasteiger partial charge in [0.15, 0.2) is 12.7 Å². The monoisotopic (exact) mass is 383 g/mol. The van der Waals surface area contributed by atoms with Gasteiger partial charge < -0.3 is 14.8 Å². The molecule has 2 aromatic carbocycles. The Bertz CT molecular complexity index is 829. The van der Waals surface area contributed by atoms with Gasteiger partial charge in [-0.15, -0.1) is 0 Å². The van der Waals surface area contributed by atoms with Crippen molar-refractivity contribution < 1.29 is 27.8 Å². The molecule has 2 rings (SSSR count). The second-order valence-electron chi connectivity index (χ2n) is 5.45. The number of rotatable bonds is 6. The molecule has 0 aromatic heterocycles. The van der Waals surface area contributed by atoms with Crippen LogP contribution in [0, 0.1) is 18.6 Å². The summed E-state index contributed by atoms with van der Waals surface area (Å²) >= 11 is 5.77. The number of carbonyl (C=O) groups excluding carboxylic acids is 2. The average Bonchev–Trinajstić information content (AvgIpc) is 2.57. The molecule has 26 heavy (non-hydrogen) atoms. The van der Waals surface area contributed by atoms with Crippen molar-refractivity contribution in [1.29, 1.82) is 0 Å². The number of hydrogen-bond acceptors (Lipinski definition) is 4. The SMILES string of the molecule is Cc1ccc(NC(=O)[C@H](C)OC(=O)COc2ccc(F)cc2Cl)cc1F. The molecule has 8 heteroatoms. The van der Waals surface area contributed by atoms with Crippen molar-refractivity contribution in [2.24, 2.45) is 0 Å². The van der Waals surface area contributed by atoms with Gasteiger partial charge in [-0.25, -0.2) is 13.6 Å². The smallest absolute Gasteiger partial charge is 0.344 e. The Morgan fingerprint density at radius 2 is 1.92 bits per heavy atom. The molecule has 0 fully saturated rings. The normalized spacial score (nSPS) is 11.6. The molecule has 0 saturated carbocycles. The zero-order chi connectivity index (χ0) is 19.3. The van der Waals surface area contributed by atoms with E-state index in [1.54, 1.807) is 6.92 Å². The molecule has 0 radical (unpaired) electrons. The minimum absolute atomic E-state index is 0.00462. The van der Waals surface area contributed by atoms with Crippen molar-refractivity contribution in [3.63, 3.8) is 0 Å². The third-order valence-corrected chi connectivity index (χ3v) is 3.65. The Morgan fingerprint density at radius 3 is 2.58 bits per heavy atom. The first-order valence-electron chi connectivity index (χ1n) is 7.60. The van der Waals surface area contributed by atoms with Crippen LogP contribution in [-0.2, 0) is 14.3 Å². The second-order valence-corrected chi connectivity index (χ2v) is 5.86. The van der Waals surface area contributed by atoms with Gasteiger partial charge in [-0.1, -0.05) is 17.7 Å². The maximum atomic E-state index is 13.5. The minimum Gasteiger partial charge on any atom is -0.480 e. The topological polar surface area (TPSA) is 64.6 Å². The van der Waals surface area contributed by atoms with E-state index in [0.29, 0.717) is 5.56 Å². The molecule has 0 spiro atoms. The van der Waals surface area contributed by atoms with Crippen molar-refractivity contribution in [3.05, 3.63) is 58.6 Å². The Balaban J connectivity index is 1.85. The Labute approximate surface area is 153 Å². The lowest BCUT2D eigenvalue weighted by Crippen LogP contribution is -2.31. The van der Waals surface area contributed by atoms with Crippen LogP contribution < -0.4 is 10.1 Å². The Morgan fingerprint density at radius 1 is 1.19 bits per heavy atom. The van der Waals surface area contributed by atoms with Crippen molar-refractivity contribution >= 4 is 29.2 Å². The molecule has 5 nitrogen and oxygen atoms in total. The largest absolute Gasteiger partial charge is 0.480 e. The number of aryl methyl sites for hydroxylation is 1. The van der Waals surface area contributed by atoms with Crippen LogP contribution in [0.4, 0.5) is 14.5 Å². The van der Waals surface area contributed by atoms with Gasteiger partial charge in [0.1, 0.15) is 17.4 Å². The molecule has 1 atom stereocenters.